The van der Waals surface area contributed by atoms with Gasteiger partial charge in [0.05, 0.1) is 11.0 Å². The van der Waals surface area contributed by atoms with E-state index in [-0.39, 0.29) is 6.10 Å². The third-order valence-corrected chi connectivity index (χ3v) is 4.62. The summed E-state index contributed by atoms with van der Waals surface area (Å²) in [6.45, 7) is 0.379. The molecule has 6 heteroatoms. The number of nitrogens with zero attached hydrogens (tertiary/aromatic N) is 2. The molecule has 2 aromatic heterocycles. The summed E-state index contributed by atoms with van der Waals surface area (Å²) in [6.07, 6.45) is 3.28. The zero-order valence-electron chi connectivity index (χ0n) is 13.6. The third-order valence-electron chi connectivity index (χ3n) is 4.39. The SMILES string of the molecule is Clc1ccc2c(c1)OCC(c1nc3cc(-c4ccncc4)ccc3[nH]1)O2. The van der Waals surface area contributed by atoms with Crippen LogP contribution >= 0.6 is 11.6 Å². The number of pyridine rings is 1. The Morgan fingerprint density at radius 1 is 0.962 bits per heavy atom. The fraction of sp³-hybridized carbons (Fsp3) is 0.100. The quantitative estimate of drug-likeness (QED) is 0.556. The van der Waals surface area contributed by atoms with E-state index in [2.05, 4.69) is 22.1 Å². The molecule has 2 aromatic carbocycles. The summed E-state index contributed by atoms with van der Waals surface area (Å²) < 4.78 is 11.8. The second kappa shape index (κ2) is 6.04. The number of nitrogens with one attached hydrogen (secondary N) is 1. The molecule has 128 valence electrons. The van der Waals surface area contributed by atoms with Crippen LogP contribution in [0.3, 0.4) is 0 Å². The van der Waals surface area contributed by atoms with Crippen molar-refractivity contribution in [3.05, 3.63) is 71.8 Å². The van der Waals surface area contributed by atoms with E-state index in [0.717, 1.165) is 28.0 Å². The molecule has 0 fully saturated rings. The molecule has 4 aromatic rings. The summed E-state index contributed by atoms with van der Waals surface area (Å²) >= 11 is 5.99. The van der Waals surface area contributed by atoms with E-state index < -0.39 is 0 Å². The maximum atomic E-state index is 6.03. The lowest BCUT2D eigenvalue weighted by Gasteiger charge is -2.25. The minimum Gasteiger partial charge on any atom is -0.485 e. The van der Waals surface area contributed by atoms with E-state index in [1.807, 2.05) is 24.3 Å². The maximum absolute atomic E-state index is 6.03. The van der Waals surface area contributed by atoms with E-state index >= 15 is 0 Å². The summed E-state index contributed by atoms with van der Waals surface area (Å²) in [4.78, 5) is 12.1. The predicted molar refractivity (Wildman–Crippen MR) is 99.6 cm³/mol. The van der Waals surface area contributed by atoms with Gasteiger partial charge < -0.3 is 14.5 Å². The van der Waals surface area contributed by atoms with Gasteiger partial charge in [-0.25, -0.2) is 4.98 Å². The average molecular weight is 364 g/mol. The van der Waals surface area contributed by atoms with Crippen molar-refractivity contribution in [1.29, 1.82) is 0 Å². The highest BCUT2D eigenvalue weighted by atomic mass is 35.5. The van der Waals surface area contributed by atoms with Crippen LogP contribution in [0.5, 0.6) is 11.5 Å². The predicted octanol–water partition coefficient (Wildman–Crippen LogP) is 4.79. The van der Waals surface area contributed by atoms with Gasteiger partial charge in [0.1, 0.15) is 6.61 Å². The molecule has 0 amide bonds. The molecule has 3 heterocycles. The van der Waals surface area contributed by atoms with Crippen LogP contribution in [0.4, 0.5) is 0 Å². The van der Waals surface area contributed by atoms with Crippen molar-refractivity contribution in [3.8, 4) is 22.6 Å². The number of aromatic nitrogens is 3. The number of halogens is 1. The number of ether oxygens (including phenoxy) is 2. The van der Waals surface area contributed by atoms with Crippen molar-refractivity contribution < 1.29 is 9.47 Å². The summed E-state index contributed by atoms with van der Waals surface area (Å²) in [5.74, 6) is 2.07. The van der Waals surface area contributed by atoms with Gasteiger partial charge in [0.2, 0.25) is 0 Å². The first-order valence-corrected chi connectivity index (χ1v) is 8.63. The van der Waals surface area contributed by atoms with Crippen molar-refractivity contribution in [3.63, 3.8) is 0 Å². The molecule has 1 N–H and O–H groups in total. The molecule has 0 radical (unpaired) electrons. The summed E-state index contributed by atoms with van der Waals surface area (Å²) in [6, 6.07) is 15.5. The van der Waals surface area contributed by atoms with Gasteiger partial charge in [0.15, 0.2) is 23.4 Å². The molecule has 0 bridgehead atoms. The molecule has 1 aliphatic rings. The molecule has 1 atom stereocenters. The molecule has 1 aliphatic heterocycles. The van der Waals surface area contributed by atoms with E-state index in [1.54, 1.807) is 24.5 Å². The Hall–Kier alpha value is -3.05. The highest BCUT2D eigenvalue weighted by Gasteiger charge is 2.25. The van der Waals surface area contributed by atoms with Gasteiger partial charge in [-0.1, -0.05) is 17.7 Å². The van der Waals surface area contributed by atoms with Gasteiger partial charge in [-0.15, -0.1) is 0 Å². The normalized spacial score (nSPS) is 16.0. The smallest absolute Gasteiger partial charge is 0.190 e. The number of H-pyrrole nitrogens is 1. The van der Waals surface area contributed by atoms with Gasteiger partial charge in [-0.05, 0) is 47.5 Å². The first-order valence-electron chi connectivity index (χ1n) is 8.25. The zero-order valence-corrected chi connectivity index (χ0v) is 14.4. The minimum absolute atomic E-state index is 0.291. The number of imidazole rings is 1. The number of aromatic amines is 1. The Morgan fingerprint density at radius 2 is 1.85 bits per heavy atom. The topological polar surface area (TPSA) is 60.0 Å². The Bertz CT molecular complexity index is 1090. The standard InChI is InChI=1S/C20H14ClN3O2/c21-14-2-4-17-18(10-14)25-11-19(26-17)20-23-15-3-1-13(9-16(15)24-20)12-5-7-22-8-6-12/h1-10,19H,11H2,(H,23,24). The molecule has 0 spiro atoms. The van der Waals surface area contributed by atoms with Crippen LogP contribution in [0, 0.1) is 0 Å². The fourth-order valence-corrected chi connectivity index (χ4v) is 3.24. The Morgan fingerprint density at radius 3 is 2.73 bits per heavy atom. The summed E-state index contributed by atoms with van der Waals surface area (Å²) in [7, 11) is 0. The molecule has 0 saturated heterocycles. The Labute approximate surface area is 154 Å². The van der Waals surface area contributed by atoms with Gasteiger partial charge >= 0.3 is 0 Å². The van der Waals surface area contributed by atoms with Gasteiger partial charge in [0, 0.05) is 23.5 Å². The van der Waals surface area contributed by atoms with Crippen LogP contribution in [-0.4, -0.2) is 21.6 Å². The van der Waals surface area contributed by atoms with Crippen molar-refractivity contribution in [2.45, 2.75) is 6.10 Å². The van der Waals surface area contributed by atoms with Crippen LogP contribution < -0.4 is 9.47 Å². The lowest BCUT2D eigenvalue weighted by Crippen LogP contribution is -2.22. The highest BCUT2D eigenvalue weighted by molar-refractivity contribution is 6.30. The number of benzene rings is 2. The average Bonchev–Trinajstić information content (AvgIpc) is 3.11. The van der Waals surface area contributed by atoms with Crippen LogP contribution in [0.2, 0.25) is 5.02 Å². The van der Waals surface area contributed by atoms with Crippen LogP contribution in [-0.2, 0) is 0 Å². The molecular weight excluding hydrogens is 350 g/mol. The highest BCUT2D eigenvalue weighted by Crippen LogP contribution is 2.37. The lowest BCUT2D eigenvalue weighted by molar-refractivity contribution is 0.0859. The molecule has 26 heavy (non-hydrogen) atoms. The number of fused-ring (bicyclic) bond motifs is 2. The van der Waals surface area contributed by atoms with Gasteiger partial charge in [-0.2, -0.15) is 0 Å². The fourth-order valence-electron chi connectivity index (χ4n) is 3.08. The molecular formula is C20H14ClN3O2. The van der Waals surface area contributed by atoms with E-state index in [1.165, 1.54) is 0 Å². The Balaban J connectivity index is 1.47. The van der Waals surface area contributed by atoms with Gasteiger partial charge in [0.25, 0.3) is 0 Å². The minimum atomic E-state index is -0.291. The molecule has 0 aliphatic carbocycles. The molecule has 1 unspecified atom stereocenters. The van der Waals surface area contributed by atoms with E-state index in [4.69, 9.17) is 26.1 Å². The third kappa shape index (κ3) is 2.66. The summed E-state index contributed by atoms with van der Waals surface area (Å²) in [5, 5.41) is 0.623. The van der Waals surface area contributed by atoms with Crippen molar-refractivity contribution >= 4 is 22.6 Å². The van der Waals surface area contributed by atoms with E-state index in [9.17, 15) is 0 Å². The van der Waals surface area contributed by atoms with E-state index in [0.29, 0.717) is 23.1 Å². The zero-order chi connectivity index (χ0) is 17.5. The first-order chi connectivity index (χ1) is 12.8. The lowest BCUT2D eigenvalue weighted by atomic mass is 10.1. The molecule has 5 rings (SSSR count). The second-order valence-corrected chi connectivity index (χ2v) is 6.53. The maximum Gasteiger partial charge on any atom is 0.190 e. The first kappa shape index (κ1) is 15.2. The number of hydrogen-bond donors (Lipinski definition) is 1. The number of hydrogen-bond acceptors (Lipinski definition) is 4. The van der Waals surface area contributed by atoms with Crippen LogP contribution in [0.15, 0.2) is 60.9 Å². The van der Waals surface area contributed by atoms with Crippen LogP contribution in [0.25, 0.3) is 22.2 Å². The largest absolute Gasteiger partial charge is 0.485 e. The van der Waals surface area contributed by atoms with Crippen molar-refractivity contribution in [2.75, 3.05) is 6.61 Å². The van der Waals surface area contributed by atoms with Gasteiger partial charge in [-0.3, -0.25) is 4.98 Å². The molecule has 0 saturated carbocycles. The number of rotatable bonds is 2. The Kier molecular flexibility index (Phi) is 3.53. The second-order valence-electron chi connectivity index (χ2n) is 6.10. The summed E-state index contributed by atoms with van der Waals surface area (Å²) in [5.41, 5.74) is 4.05. The van der Waals surface area contributed by atoms with Crippen molar-refractivity contribution in [2.24, 2.45) is 0 Å². The molecule has 5 nitrogen and oxygen atoms in total. The van der Waals surface area contributed by atoms with Crippen molar-refractivity contribution in [1.82, 2.24) is 15.0 Å². The van der Waals surface area contributed by atoms with Crippen LogP contribution in [0.1, 0.15) is 11.9 Å². The monoisotopic (exact) mass is 363 g/mol.